The van der Waals surface area contributed by atoms with E-state index in [1.807, 2.05) is 25.1 Å². The van der Waals surface area contributed by atoms with E-state index in [0.29, 0.717) is 0 Å². The largest absolute Gasteiger partial charge is 0.328 e. The first-order chi connectivity index (χ1) is 8.66. The third-order valence-corrected chi connectivity index (χ3v) is 4.35. The monoisotopic (exact) mass is 324 g/mol. The smallest absolute Gasteiger partial charge is 0.0932 e. The zero-order chi connectivity index (χ0) is 13.0. The molecular formula is C14H17BrN2S. The fourth-order valence-corrected chi connectivity index (χ4v) is 3.12. The van der Waals surface area contributed by atoms with Crippen LogP contribution in [0.5, 0.6) is 0 Å². The van der Waals surface area contributed by atoms with Crippen LogP contribution in [-0.2, 0) is 6.42 Å². The lowest BCUT2D eigenvalue weighted by atomic mass is 10.1. The average molecular weight is 325 g/mol. The number of hydrogen-bond donors (Lipinski definition) is 1. The first-order valence-electron chi connectivity index (χ1n) is 6.11. The lowest BCUT2D eigenvalue weighted by Crippen LogP contribution is -2.14. The van der Waals surface area contributed by atoms with E-state index in [9.17, 15) is 0 Å². The molecule has 1 heterocycles. The molecule has 18 heavy (non-hydrogen) atoms. The molecule has 2 aromatic rings. The van der Waals surface area contributed by atoms with Crippen molar-refractivity contribution in [2.75, 3.05) is 0 Å². The SMILES string of the molecule is CC(N)CCCc1nc(-c2ccccc2Br)cs1. The predicted molar refractivity (Wildman–Crippen MR) is 81.8 cm³/mol. The van der Waals surface area contributed by atoms with Gasteiger partial charge in [0, 0.05) is 21.5 Å². The Hall–Kier alpha value is -0.710. The van der Waals surface area contributed by atoms with Crippen molar-refractivity contribution in [2.24, 2.45) is 5.73 Å². The second kappa shape index (κ2) is 6.45. The number of aromatic nitrogens is 1. The second-order valence-corrected chi connectivity index (χ2v) is 6.27. The quantitative estimate of drug-likeness (QED) is 0.893. The number of hydrogen-bond acceptors (Lipinski definition) is 3. The van der Waals surface area contributed by atoms with Gasteiger partial charge in [0.05, 0.1) is 10.7 Å². The normalized spacial score (nSPS) is 12.6. The van der Waals surface area contributed by atoms with E-state index in [-0.39, 0.29) is 6.04 Å². The van der Waals surface area contributed by atoms with Crippen molar-refractivity contribution in [3.8, 4) is 11.3 Å². The zero-order valence-electron chi connectivity index (χ0n) is 10.4. The Balaban J connectivity index is 2.04. The van der Waals surface area contributed by atoms with Crippen LogP contribution in [0.1, 0.15) is 24.8 Å². The molecule has 2 rings (SSSR count). The van der Waals surface area contributed by atoms with Crippen LogP contribution >= 0.6 is 27.3 Å². The van der Waals surface area contributed by atoms with Gasteiger partial charge in [-0.2, -0.15) is 0 Å². The van der Waals surface area contributed by atoms with Gasteiger partial charge in [-0.1, -0.05) is 34.1 Å². The summed E-state index contributed by atoms with van der Waals surface area (Å²) in [6, 6.07) is 8.47. The number of nitrogens with zero attached hydrogens (tertiary/aromatic N) is 1. The molecule has 0 bridgehead atoms. The second-order valence-electron chi connectivity index (χ2n) is 4.48. The number of nitrogens with two attached hydrogens (primary N) is 1. The van der Waals surface area contributed by atoms with Crippen LogP contribution in [0.3, 0.4) is 0 Å². The summed E-state index contributed by atoms with van der Waals surface area (Å²) in [6.45, 7) is 2.05. The molecule has 0 aliphatic heterocycles. The van der Waals surface area contributed by atoms with Crippen LogP contribution in [-0.4, -0.2) is 11.0 Å². The van der Waals surface area contributed by atoms with Crippen molar-refractivity contribution in [2.45, 2.75) is 32.2 Å². The van der Waals surface area contributed by atoms with Gasteiger partial charge in [0.25, 0.3) is 0 Å². The predicted octanol–water partition coefficient (Wildman–Crippen LogP) is 4.24. The molecule has 0 fully saturated rings. The fraction of sp³-hybridized carbons (Fsp3) is 0.357. The molecule has 1 unspecified atom stereocenters. The summed E-state index contributed by atoms with van der Waals surface area (Å²) in [5.74, 6) is 0. The Morgan fingerprint density at radius 2 is 2.17 bits per heavy atom. The molecule has 0 aliphatic carbocycles. The molecule has 0 saturated heterocycles. The van der Waals surface area contributed by atoms with Crippen molar-refractivity contribution < 1.29 is 0 Å². The van der Waals surface area contributed by atoms with Crippen LogP contribution in [0, 0.1) is 0 Å². The average Bonchev–Trinajstić information content (AvgIpc) is 2.78. The summed E-state index contributed by atoms with van der Waals surface area (Å²) in [6.07, 6.45) is 3.20. The number of thiazole rings is 1. The van der Waals surface area contributed by atoms with Gasteiger partial charge in [0.1, 0.15) is 0 Å². The van der Waals surface area contributed by atoms with E-state index >= 15 is 0 Å². The molecule has 1 atom stereocenters. The highest BCUT2D eigenvalue weighted by Gasteiger charge is 2.07. The van der Waals surface area contributed by atoms with Crippen LogP contribution in [0.4, 0.5) is 0 Å². The van der Waals surface area contributed by atoms with Crippen molar-refractivity contribution in [1.29, 1.82) is 0 Å². The fourth-order valence-electron chi connectivity index (χ4n) is 1.79. The third kappa shape index (κ3) is 3.64. The standard InChI is InChI=1S/C14H17BrN2S/c1-10(16)5-4-8-14-17-13(9-18-14)11-6-2-3-7-12(11)15/h2-3,6-7,9-10H,4-5,8,16H2,1H3. The highest BCUT2D eigenvalue weighted by atomic mass is 79.9. The Kier molecular flexibility index (Phi) is 4.92. The van der Waals surface area contributed by atoms with Gasteiger partial charge < -0.3 is 5.73 Å². The number of aryl methyl sites for hydroxylation is 1. The van der Waals surface area contributed by atoms with Crippen LogP contribution in [0.2, 0.25) is 0 Å². The highest BCUT2D eigenvalue weighted by Crippen LogP contribution is 2.29. The summed E-state index contributed by atoms with van der Waals surface area (Å²) in [4.78, 5) is 4.69. The third-order valence-electron chi connectivity index (χ3n) is 2.75. The maximum Gasteiger partial charge on any atom is 0.0932 e. The van der Waals surface area contributed by atoms with Gasteiger partial charge in [-0.25, -0.2) is 4.98 Å². The van der Waals surface area contributed by atoms with E-state index < -0.39 is 0 Å². The minimum atomic E-state index is 0.285. The van der Waals surface area contributed by atoms with Gasteiger partial charge >= 0.3 is 0 Å². The number of benzene rings is 1. The van der Waals surface area contributed by atoms with Gasteiger partial charge in [0.2, 0.25) is 0 Å². The lowest BCUT2D eigenvalue weighted by Gasteiger charge is -2.02. The van der Waals surface area contributed by atoms with Crippen molar-refractivity contribution >= 4 is 27.3 Å². The summed E-state index contributed by atoms with van der Waals surface area (Å²) in [5, 5.41) is 3.32. The van der Waals surface area contributed by atoms with Gasteiger partial charge in [0.15, 0.2) is 0 Å². The first-order valence-corrected chi connectivity index (χ1v) is 7.79. The van der Waals surface area contributed by atoms with Crippen LogP contribution in [0.15, 0.2) is 34.1 Å². The van der Waals surface area contributed by atoms with Crippen molar-refractivity contribution in [3.63, 3.8) is 0 Å². The number of rotatable bonds is 5. The molecule has 96 valence electrons. The van der Waals surface area contributed by atoms with Gasteiger partial charge in [-0.05, 0) is 32.3 Å². The minimum absolute atomic E-state index is 0.285. The van der Waals surface area contributed by atoms with E-state index in [1.54, 1.807) is 11.3 Å². The molecule has 0 spiro atoms. The zero-order valence-corrected chi connectivity index (χ0v) is 12.8. The van der Waals surface area contributed by atoms with Crippen molar-refractivity contribution in [3.05, 3.63) is 39.1 Å². The van der Waals surface area contributed by atoms with E-state index in [4.69, 9.17) is 5.73 Å². The number of halogens is 1. The molecule has 0 radical (unpaired) electrons. The molecule has 4 heteroatoms. The highest BCUT2D eigenvalue weighted by molar-refractivity contribution is 9.10. The first kappa shape index (κ1) is 13.7. The minimum Gasteiger partial charge on any atom is -0.328 e. The Bertz CT molecular complexity index is 508. The van der Waals surface area contributed by atoms with Gasteiger partial charge in [-0.3, -0.25) is 0 Å². The molecule has 1 aromatic heterocycles. The molecule has 0 aliphatic rings. The summed E-state index contributed by atoms with van der Waals surface area (Å²) in [5.41, 5.74) is 7.97. The van der Waals surface area contributed by atoms with Crippen LogP contribution in [0.25, 0.3) is 11.3 Å². The molecular weight excluding hydrogens is 308 g/mol. The van der Waals surface area contributed by atoms with Gasteiger partial charge in [-0.15, -0.1) is 11.3 Å². The van der Waals surface area contributed by atoms with Crippen molar-refractivity contribution in [1.82, 2.24) is 4.98 Å². The van der Waals surface area contributed by atoms with E-state index in [2.05, 4.69) is 32.4 Å². The maximum atomic E-state index is 5.75. The molecule has 0 amide bonds. The van der Waals surface area contributed by atoms with E-state index in [0.717, 1.165) is 35.0 Å². The lowest BCUT2D eigenvalue weighted by molar-refractivity contribution is 0.623. The molecule has 0 saturated carbocycles. The maximum absolute atomic E-state index is 5.75. The topological polar surface area (TPSA) is 38.9 Å². The summed E-state index contributed by atoms with van der Waals surface area (Å²) >= 11 is 5.29. The Morgan fingerprint density at radius 3 is 2.89 bits per heavy atom. The van der Waals surface area contributed by atoms with Crippen LogP contribution < -0.4 is 5.73 Å². The van der Waals surface area contributed by atoms with E-state index in [1.165, 1.54) is 5.01 Å². The molecule has 1 aromatic carbocycles. The Morgan fingerprint density at radius 1 is 1.39 bits per heavy atom. The summed E-state index contributed by atoms with van der Waals surface area (Å²) < 4.78 is 1.09. The molecule has 2 N–H and O–H groups in total. The summed E-state index contributed by atoms with van der Waals surface area (Å²) in [7, 11) is 0. The Labute approximate surface area is 120 Å². The molecule has 2 nitrogen and oxygen atoms in total.